The highest BCUT2D eigenvalue weighted by atomic mass is 19.1. The molecule has 1 aliphatic rings. The topological polar surface area (TPSA) is 75.7 Å². The number of ether oxygens (including phenoxy) is 1. The average molecular weight is 402 g/mol. The third-order valence-corrected chi connectivity index (χ3v) is 5.08. The van der Waals surface area contributed by atoms with Gasteiger partial charge in [0.2, 0.25) is 11.8 Å². The first-order valence-electron chi connectivity index (χ1n) is 8.97. The normalized spacial score (nSPS) is 16.1. The second kappa shape index (κ2) is 7.98. The van der Waals surface area contributed by atoms with Crippen LogP contribution in [0.1, 0.15) is 27.9 Å². The number of halogens is 2. The number of hydrogen-bond acceptors (Lipinski definition) is 4. The molecule has 1 aliphatic heterocycles. The van der Waals surface area contributed by atoms with Gasteiger partial charge in [-0.1, -0.05) is 12.1 Å². The van der Waals surface area contributed by atoms with Crippen molar-refractivity contribution in [1.29, 1.82) is 0 Å². The van der Waals surface area contributed by atoms with Crippen LogP contribution in [0.25, 0.3) is 0 Å². The molecule has 3 rings (SSSR count). The van der Waals surface area contributed by atoms with Crippen LogP contribution in [0.5, 0.6) is 0 Å². The summed E-state index contributed by atoms with van der Waals surface area (Å²) in [5, 5.41) is 2.35. The third kappa shape index (κ3) is 3.96. The Hall–Kier alpha value is -3.29. The first-order chi connectivity index (χ1) is 13.7. The molecule has 1 fully saturated rings. The van der Waals surface area contributed by atoms with Gasteiger partial charge in [0.1, 0.15) is 11.6 Å². The zero-order valence-corrected chi connectivity index (χ0v) is 16.2. The molecule has 0 aromatic heterocycles. The van der Waals surface area contributed by atoms with E-state index in [0.717, 1.165) is 30.0 Å². The lowest BCUT2D eigenvalue weighted by Gasteiger charge is -2.20. The smallest absolute Gasteiger partial charge is 0.340 e. The third-order valence-electron chi connectivity index (χ3n) is 5.08. The van der Waals surface area contributed by atoms with E-state index in [-0.39, 0.29) is 24.6 Å². The summed E-state index contributed by atoms with van der Waals surface area (Å²) in [5.74, 6) is -4.63. The number of hydrogen-bond donors (Lipinski definition) is 1. The minimum absolute atomic E-state index is 0.0358. The Morgan fingerprint density at radius 3 is 2.59 bits per heavy atom. The van der Waals surface area contributed by atoms with E-state index in [0.29, 0.717) is 6.07 Å². The number of carbonyl (C=O) groups excluding carboxylic acids is 3. The fourth-order valence-corrected chi connectivity index (χ4v) is 3.29. The maximum Gasteiger partial charge on any atom is 0.340 e. The van der Waals surface area contributed by atoms with Gasteiger partial charge in [-0.05, 0) is 37.1 Å². The van der Waals surface area contributed by atoms with Gasteiger partial charge < -0.3 is 15.0 Å². The summed E-state index contributed by atoms with van der Waals surface area (Å²) in [5.41, 5.74) is 1.84. The van der Waals surface area contributed by atoms with Crippen molar-refractivity contribution >= 4 is 29.2 Å². The molecule has 2 aromatic carbocycles. The van der Waals surface area contributed by atoms with Gasteiger partial charge in [0.25, 0.3) is 0 Å². The molecule has 0 radical (unpaired) electrons. The predicted octanol–water partition coefficient (Wildman–Crippen LogP) is 3.36. The number of anilines is 2. The van der Waals surface area contributed by atoms with Crippen molar-refractivity contribution in [2.45, 2.75) is 20.3 Å². The van der Waals surface area contributed by atoms with Gasteiger partial charge in [0.15, 0.2) is 0 Å². The number of nitrogens with one attached hydrogen (secondary N) is 1. The lowest BCUT2D eigenvalue weighted by Crippen LogP contribution is -2.29. The van der Waals surface area contributed by atoms with E-state index in [4.69, 9.17) is 0 Å². The van der Waals surface area contributed by atoms with Crippen molar-refractivity contribution in [3.8, 4) is 0 Å². The van der Waals surface area contributed by atoms with Crippen LogP contribution in [-0.4, -0.2) is 31.4 Å². The van der Waals surface area contributed by atoms with E-state index in [1.54, 1.807) is 0 Å². The highest BCUT2D eigenvalue weighted by Crippen LogP contribution is 2.30. The molecule has 0 aliphatic carbocycles. The molecule has 152 valence electrons. The summed E-state index contributed by atoms with van der Waals surface area (Å²) in [6.07, 6.45) is -0.0358. The molecule has 1 N–H and O–H groups in total. The lowest BCUT2D eigenvalue weighted by molar-refractivity contribution is -0.122. The second-order valence-electron chi connectivity index (χ2n) is 6.92. The molecule has 0 bridgehead atoms. The number of methoxy groups -OCH3 is 1. The number of esters is 1. The van der Waals surface area contributed by atoms with Gasteiger partial charge in [-0.25, -0.2) is 13.6 Å². The van der Waals surface area contributed by atoms with Gasteiger partial charge in [-0.3, -0.25) is 9.59 Å². The van der Waals surface area contributed by atoms with E-state index >= 15 is 0 Å². The summed E-state index contributed by atoms with van der Waals surface area (Å²) in [7, 11) is 1.06. The number of benzene rings is 2. The maximum atomic E-state index is 14.1. The molecule has 2 amide bonds. The van der Waals surface area contributed by atoms with Crippen LogP contribution in [0, 0.1) is 31.4 Å². The summed E-state index contributed by atoms with van der Waals surface area (Å²) in [6, 6.07) is 6.96. The highest BCUT2D eigenvalue weighted by molar-refractivity contribution is 6.04. The molecule has 8 heteroatoms. The number of rotatable bonds is 4. The Morgan fingerprint density at radius 1 is 1.17 bits per heavy atom. The highest BCUT2D eigenvalue weighted by Gasteiger charge is 2.36. The Morgan fingerprint density at radius 2 is 1.90 bits per heavy atom. The van der Waals surface area contributed by atoms with Crippen molar-refractivity contribution in [1.82, 2.24) is 0 Å². The van der Waals surface area contributed by atoms with Crippen LogP contribution in [0.4, 0.5) is 20.2 Å². The van der Waals surface area contributed by atoms with E-state index in [9.17, 15) is 23.2 Å². The van der Waals surface area contributed by atoms with Crippen LogP contribution in [0.3, 0.4) is 0 Å². The number of carbonyl (C=O) groups is 3. The molecule has 0 saturated carbocycles. The molecular weight excluding hydrogens is 382 g/mol. The van der Waals surface area contributed by atoms with E-state index in [1.807, 2.05) is 32.0 Å². The Balaban J connectivity index is 1.80. The Labute approximate surface area is 166 Å². The molecule has 0 unspecified atom stereocenters. The first-order valence-corrected chi connectivity index (χ1v) is 8.97. The van der Waals surface area contributed by atoms with Gasteiger partial charge in [0, 0.05) is 24.7 Å². The van der Waals surface area contributed by atoms with Crippen LogP contribution in [0.15, 0.2) is 30.3 Å². The summed E-state index contributed by atoms with van der Waals surface area (Å²) >= 11 is 0. The van der Waals surface area contributed by atoms with Crippen LogP contribution >= 0.6 is 0 Å². The van der Waals surface area contributed by atoms with E-state index < -0.39 is 35.0 Å². The number of amides is 2. The zero-order valence-electron chi connectivity index (χ0n) is 16.2. The van der Waals surface area contributed by atoms with E-state index in [1.165, 1.54) is 4.90 Å². The molecule has 2 aromatic rings. The predicted molar refractivity (Wildman–Crippen MR) is 103 cm³/mol. The first kappa shape index (κ1) is 20.4. The van der Waals surface area contributed by atoms with Crippen molar-refractivity contribution in [3.05, 3.63) is 58.7 Å². The van der Waals surface area contributed by atoms with Crippen LogP contribution < -0.4 is 10.2 Å². The minimum Gasteiger partial charge on any atom is -0.465 e. The molecule has 6 nitrogen and oxygen atoms in total. The van der Waals surface area contributed by atoms with Gasteiger partial charge in [-0.2, -0.15) is 0 Å². The molecular formula is C21H20F2N2O4. The van der Waals surface area contributed by atoms with Crippen molar-refractivity contribution in [2.75, 3.05) is 23.9 Å². The summed E-state index contributed by atoms with van der Waals surface area (Å²) in [6.45, 7) is 3.97. The zero-order chi connectivity index (χ0) is 21.3. The van der Waals surface area contributed by atoms with Gasteiger partial charge >= 0.3 is 5.97 Å². The fraction of sp³-hybridized carbons (Fsp3) is 0.286. The quantitative estimate of drug-likeness (QED) is 0.796. The van der Waals surface area contributed by atoms with Crippen molar-refractivity contribution in [3.63, 3.8) is 0 Å². The lowest BCUT2D eigenvalue weighted by atomic mass is 10.1. The summed E-state index contributed by atoms with van der Waals surface area (Å²) < 4.78 is 32.3. The maximum absolute atomic E-state index is 14.1. The van der Waals surface area contributed by atoms with Crippen molar-refractivity contribution < 1.29 is 27.9 Å². The largest absolute Gasteiger partial charge is 0.465 e. The molecule has 29 heavy (non-hydrogen) atoms. The molecule has 1 heterocycles. The number of aryl methyl sites for hydroxylation is 1. The van der Waals surface area contributed by atoms with Crippen LogP contribution in [0.2, 0.25) is 0 Å². The Kier molecular flexibility index (Phi) is 5.63. The molecule has 1 atom stereocenters. The second-order valence-corrected chi connectivity index (χ2v) is 6.92. The monoisotopic (exact) mass is 402 g/mol. The SMILES string of the molecule is COC(=O)c1cc(NC(=O)[C@@H]2CC(=O)N(c3cccc(C)c3C)C2)c(F)cc1F. The van der Waals surface area contributed by atoms with Gasteiger partial charge in [0.05, 0.1) is 24.3 Å². The molecule has 1 saturated heterocycles. The standard InChI is InChI=1S/C21H20F2N2O4/c1-11-5-4-6-18(12(11)2)25-10-13(7-19(25)26)20(27)24-17-8-14(21(28)29-3)15(22)9-16(17)23/h4-6,8-9,13H,7,10H2,1-3H3,(H,24,27)/t13-/m1/s1. The fourth-order valence-electron chi connectivity index (χ4n) is 3.29. The van der Waals surface area contributed by atoms with Gasteiger partial charge in [-0.15, -0.1) is 0 Å². The Bertz CT molecular complexity index is 1010. The van der Waals surface area contributed by atoms with E-state index in [2.05, 4.69) is 10.1 Å². The number of nitrogens with zero attached hydrogens (tertiary/aromatic N) is 1. The minimum atomic E-state index is -1.09. The average Bonchev–Trinajstić information content (AvgIpc) is 3.07. The van der Waals surface area contributed by atoms with Crippen LogP contribution in [-0.2, 0) is 14.3 Å². The molecule has 0 spiro atoms. The van der Waals surface area contributed by atoms with Crippen molar-refractivity contribution in [2.24, 2.45) is 5.92 Å². The summed E-state index contributed by atoms with van der Waals surface area (Å²) in [4.78, 5) is 38.2.